The van der Waals surface area contributed by atoms with E-state index in [2.05, 4.69) is 10.1 Å². The molecule has 0 bridgehead atoms. The van der Waals surface area contributed by atoms with Crippen LogP contribution in [0.2, 0.25) is 0 Å². The van der Waals surface area contributed by atoms with Crippen LogP contribution in [0.15, 0.2) is 18.2 Å². The summed E-state index contributed by atoms with van der Waals surface area (Å²) in [6.07, 6.45) is -5.13. The molecule has 2 atom stereocenters. The van der Waals surface area contributed by atoms with Gasteiger partial charge in [-0.25, -0.2) is 9.59 Å². The number of hydrogen-bond donors (Lipinski definition) is 1. The number of alkyl carbamates (subject to hydrolysis) is 1. The maximum absolute atomic E-state index is 13.1. The first kappa shape index (κ1) is 19.9. The van der Waals surface area contributed by atoms with Gasteiger partial charge in [0.05, 0.1) is 31.0 Å². The van der Waals surface area contributed by atoms with Crippen LogP contribution in [0.3, 0.4) is 0 Å². The molecule has 0 aliphatic carbocycles. The van der Waals surface area contributed by atoms with Crippen molar-refractivity contribution >= 4 is 17.9 Å². The number of carbonyl (C=O) groups excluding carboxylic acids is 2. The van der Waals surface area contributed by atoms with Gasteiger partial charge in [0, 0.05) is 6.04 Å². The molecule has 1 aliphatic rings. The molecule has 0 saturated carbocycles. The fraction of sp³-hybridized carbons (Fsp3) is 0.529. The Morgan fingerprint density at radius 2 is 2.00 bits per heavy atom. The van der Waals surface area contributed by atoms with Gasteiger partial charge >= 0.3 is 18.4 Å². The number of alkyl halides is 3. The van der Waals surface area contributed by atoms with E-state index in [1.807, 2.05) is 6.92 Å². The zero-order chi connectivity index (χ0) is 19.5. The standard InChI is InChI=1S/C17H21F3N2O4/c1-4-11-9-13(21-15(23)25-3)12-8-10(17(18,19)20)6-7-14(12)22(11)16(24)26-5-2/h6-8,11,13H,4-5,9H2,1-3H3,(H,21,23)/t11-,13+/m0/s1. The molecule has 1 aromatic rings. The molecule has 0 fully saturated rings. The van der Waals surface area contributed by atoms with E-state index in [1.165, 1.54) is 18.1 Å². The van der Waals surface area contributed by atoms with Gasteiger partial charge in [-0.3, -0.25) is 4.90 Å². The summed E-state index contributed by atoms with van der Waals surface area (Å²) >= 11 is 0. The molecule has 0 radical (unpaired) electrons. The minimum absolute atomic E-state index is 0.144. The highest BCUT2D eigenvalue weighted by molar-refractivity contribution is 5.90. The molecular weight excluding hydrogens is 353 g/mol. The van der Waals surface area contributed by atoms with Gasteiger partial charge in [0.15, 0.2) is 0 Å². The number of fused-ring (bicyclic) bond motifs is 1. The van der Waals surface area contributed by atoms with Gasteiger partial charge in [-0.15, -0.1) is 0 Å². The van der Waals surface area contributed by atoms with Gasteiger partial charge in [0.2, 0.25) is 0 Å². The van der Waals surface area contributed by atoms with Crippen molar-refractivity contribution in [1.82, 2.24) is 5.32 Å². The minimum atomic E-state index is -4.54. The Morgan fingerprint density at radius 1 is 1.31 bits per heavy atom. The zero-order valence-electron chi connectivity index (χ0n) is 14.7. The molecule has 9 heteroatoms. The number of rotatable bonds is 3. The maximum atomic E-state index is 13.1. The Hall–Kier alpha value is -2.45. The van der Waals surface area contributed by atoms with Crippen LogP contribution in [0, 0.1) is 0 Å². The Morgan fingerprint density at radius 3 is 2.54 bits per heavy atom. The number of benzene rings is 1. The number of methoxy groups -OCH3 is 1. The number of nitrogens with zero attached hydrogens (tertiary/aromatic N) is 1. The summed E-state index contributed by atoms with van der Waals surface area (Å²) in [6, 6.07) is 2.06. The van der Waals surface area contributed by atoms with Crippen molar-refractivity contribution < 1.29 is 32.2 Å². The second-order valence-electron chi connectivity index (χ2n) is 5.83. The van der Waals surface area contributed by atoms with Crippen LogP contribution in [0.1, 0.15) is 43.9 Å². The highest BCUT2D eigenvalue weighted by Gasteiger charge is 2.39. The molecule has 0 saturated heterocycles. The Labute approximate surface area is 149 Å². The Bertz CT molecular complexity index is 678. The first-order chi connectivity index (χ1) is 12.2. The smallest absolute Gasteiger partial charge is 0.416 e. The number of halogens is 3. The predicted molar refractivity (Wildman–Crippen MR) is 87.9 cm³/mol. The molecule has 0 unspecified atom stereocenters. The molecule has 1 N–H and O–H groups in total. The second-order valence-corrected chi connectivity index (χ2v) is 5.83. The average Bonchev–Trinajstić information content (AvgIpc) is 2.60. The average molecular weight is 374 g/mol. The number of carbonyl (C=O) groups is 2. The third-order valence-electron chi connectivity index (χ3n) is 4.28. The van der Waals surface area contributed by atoms with E-state index >= 15 is 0 Å². The van der Waals surface area contributed by atoms with Gasteiger partial charge < -0.3 is 14.8 Å². The zero-order valence-corrected chi connectivity index (χ0v) is 14.7. The number of ether oxygens (including phenoxy) is 2. The lowest BCUT2D eigenvalue weighted by atomic mass is 9.89. The van der Waals surface area contributed by atoms with Crippen molar-refractivity contribution in [1.29, 1.82) is 0 Å². The summed E-state index contributed by atoms with van der Waals surface area (Å²) in [4.78, 5) is 25.3. The van der Waals surface area contributed by atoms with Crippen LogP contribution in [-0.2, 0) is 15.7 Å². The highest BCUT2D eigenvalue weighted by atomic mass is 19.4. The van der Waals surface area contributed by atoms with Crippen molar-refractivity contribution in [2.75, 3.05) is 18.6 Å². The molecule has 1 heterocycles. The molecule has 2 rings (SSSR count). The summed E-state index contributed by atoms with van der Waals surface area (Å²) < 4.78 is 49.0. The van der Waals surface area contributed by atoms with Crippen LogP contribution >= 0.6 is 0 Å². The lowest BCUT2D eigenvalue weighted by Crippen LogP contribution is -2.47. The predicted octanol–water partition coefficient (Wildman–Crippen LogP) is 4.25. The lowest BCUT2D eigenvalue weighted by molar-refractivity contribution is -0.137. The number of amides is 2. The molecule has 0 spiro atoms. The second kappa shape index (κ2) is 7.84. The lowest BCUT2D eigenvalue weighted by Gasteiger charge is -2.40. The van der Waals surface area contributed by atoms with Gasteiger partial charge in [0.25, 0.3) is 0 Å². The minimum Gasteiger partial charge on any atom is -0.453 e. The van der Waals surface area contributed by atoms with Crippen molar-refractivity contribution in [3.63, 3.8) is 0 Å². The molecule has 1 aromatic carbocycles. The van der Waals surface area contributed by atoms with Crippen molar-refractivity contribution in [2.24, 2.45) is 0 Å². The van der Waals surface area contributed by atoms with Crippen LogP contribution in [-0.4, -0.2) is 31.9 Å². The number of anilines is 1. The van der Waals surface area contributed by atoms with Crippen LogP contribution < -0.4 is 10.2 Å². The monoisotopic (exact) mass is 374 g/mol. The fourth-order valence-corrected chi connectivity index (χ4v) is 3.06. The van der Waals surface area contributed by atoms with E-state index in [9.17, 15) is 22.8 Å². The van der Waals surface area contributed by atoms with E-state index in [1.54, 1.807) is 6.92 Å². The van der Waals surface area contributed by atoms with E-state index in [0.29, 0.717) is 6.42 Å². The summed E-state index contributed by atoms with van der Waals surface area (Å²) in [7, 11) is 1.17. The molecule has 6 nitrogen and oxygen atoms in total. The number of nitrogens with one attached hydrogen (secondary N) is 1. The summed E-state index contributed by atoms with van der Waals surface area (Å²) in [5.74, 6) is 0. The third kappa shape index (κ3) is 4.03. The highest BCUT2D eigenvalue weighted by Crippen LogP contribution is 2.41. The summed E-state index contributed by atoms with van der Waals surface area (Å²) in [5, 5.41) is 2.55. The molecule has 26 heavy (non-hydrogen) atoms. The molecular formula is C17H21F3N2O4. The normalized spacial score (nSPS) is 19.5. The van der Waals surface area contributed by atoms with Crippen molar-refractivity contribution in [3.8, 4) is 0 Å². The molecule has 2 amide bonds. The van der Waals surface area contributed by atoms with Gasteiger partial charge in [0.1, 0.15) is 0 Å². The Kier molecular flexibility index (Phi) is 5.99. The topological polar surface area (TPSA) is 67.9 Å². The SMILES string of the molecule is CCOC(=O)N1c2ccc(C(F)(F)F)cc2[C@H](NC(=O)OC)C[C@@H]1CC. The fourth-order valence-electron chi connectivity index (χ4n) is 3.06. The van der Waals surface area contributed by atoms with Crippen LogP contribution in [0.5, 0.6) is 0 Å². The van der Waals surface area contributed by atoms with Gasteiger partial charge in [-0.05, 0) is 43.5 Å². The van der Waals surface area contributed by atoms with Crippen LogP contribution in [0.4, 0.5) is 28.4 Å². The third-order valence-corrected chi connectivity index (χ3v) is 4.28. The summed E-state index contributed by atoms with van der Waals surface area (Å²) in [6.45, 7) is 3.64. The van der Waals surface area contributed by atoms with E-state index in [0.717, 1.165) is 12.1 Å². The molecule has 144 valence electrons. The van der Waals surface area contributed by atoms with Crippen molar-refractivity contribution in [2.45, 2.75) is 44.9 Å². The van der Waals surface area contributed by atoms with Crippen molar-refractivity contribution in [3.05, 3.63) is 29.3 Å². The summed E-state index contributed by atoms with van der Waals surface area (Å²) in [5.41, 5.74) is -0.370. The van der Waals surface area contributed by atoms with E-state index in [4.69, 9.17) is 4.74 Å². The van der Waals surface area contributed by atoms with Gasteiger partial charge in [-0.2, -0.15) is 13.2 Å². The van der Waals surface area contributed by atoms with Crippen LogP contribution in [0.25, 0.3) is 0 Å². The molecule has 1 aliphatic heterocycles. The molecule has 0 aromatic heterocycles. The van der Waals surface area contributed by atoms with E-state index in [-0.39, 0.29) is 30.3 Å². The Balaban J connectivity index is 2.55. The first-order valence-electron chi connectivity index (χ1n) is 8.24. The first-order valence-corrected chi connectivity index (χ1v) is 8.24. The quantitative estimate of drug-likeness (QED) is 0.859. The maximum Gasteiger partial charge on any atom is 0.416 e. The number of hydrogen-bond acceptors (Lipinski definition) is 4. The largest absolute Gasteiger partial charge is 0.453 e. The van der Waals surface area contributed by atoms with E-state index < -0.39 is 30.0 Å². The van der Waals surface area contributed by atoms with Gasteiger partial charge in [-0.1, -0.05) is 6.92 Å².